The maximum Gasteiger partial charge on any atom is -0.0114 e. The average molecular weight is 173 g/mol. The van der Waals surface area contributed by atoms with Crippen LogP contribution in [-0.4, -0.2) is 0 Å². The van der Waals surface area contributed by atoms with Crippen molar-refractivity contribution in [2.24, 2.45) is 0 Å². The minimum Gasteiger partial charge on any atom is -0.0613 e. The Bertz CT molecular complexity index is 273. The van der Waals surface area contributed by atoms with E-state index in [-0.39, 0.29) is 0 Å². The highest BCUT2D eigenvalue weighted by Crippen LogP contribution is 2.40. The molecule has 0 aliphatic heterocycles. The summed E-state index contributed by atoms with van der Waals surface area (Å²) in [5.74, 6) is 0.880. The molecule has 0 spiro atoms. The Kier molecular flexibility index (Phi) is 2.39. The van der Waals surface area contributed by atoms with Crippen LogP contribution in [0.2, 0.25) is 0 Å². The van der Waals surface area contributed by atoms with Crippen molar-refractivity contribution >= 4 is 0 Å². The van der Waals surface area contributed by atoms with Crippen LogP contribution in [0.4, 0.5) is 0 Å². The molecule has 0 unspecified atom stereocenters. The summed E-state index contributed by atoms with van der Waals surface area (Å²) < 4.78 is 0. The molecular formula is C13H17. The first kappa shape index (κ1) is 8.80. The van der Waals surface area contributed by atoms with Gasteiger partial charge in [-0.15, -0.1) is 0 Å². The predicted molar refractivity (Wildman–Crippen MR) is 56.0 cm³/mol. The van der Waals surface area contributed by atoms with Gasteiger partial charge in [0, 0.05) is 0 Å². The normalized spacial score (nSPS) is 16.2. The van der Waals surface area contributed by atoms with Crippen molar-refractivity contribution in [1.82, 2.24) is 0 Å². The fourth-order valence-corrected chi connectivity index (χ4v) is 1.76. The van der Waals surface area contributed by atoms with Crippen molar-refractivity contribution in [2.75, 3.05) is 0 Å². The highest BCUT2D eigenvalue weighted by molar-refractivity contribution is 5.33. The Balaban J connectivity index is 2.33. The van der Waals surface area contributed by atoms with Crippen molar-refractivity contribution in [2.45, 2.75) is 45.4 Å². The molecule has 0 heterocycles. The van der Waals surface area contributed by atoms with Crippen molar-refractivity contribution in [3.8, 4) is 0 Å². The van der Waals surface area contributed by atoms with Gasteiger partial charge in [0.1, 0.15) is 0 Å². The third kappa shape index (κ3) is 1.93. The van der Waals surface area contributed by atoms with Gasteiger partial charge in [-0.25, -0.2) is 0 Å². The van der Waals surface area contributed by atoms with Crippen LogP contribution >= 0.6 is 0 Å². The molecule has 0 atom stereocenters. The Morgan fingerprint density at radius 1 is 1.15 bits per heavy atom. The molecule has 0 heteroatoms. The van der Waals surface area contributed by atoms with E-state index in [0.29, 0.717) is 0 Å². The first-order valence-electron chi connectivity index (χ1n) is 5.38. The highest BCUT2D eigenvalue weighted by Gasteiger charge is 2.23. The summed E-state index contributed by atoms with van der Waals surface area (Å²) in [5.41, 5.74) is 4.34. The summed E-state index contributed by atoms with van der Waals surface area (Å²) in [4.78, 5) is 0. The first-order valence-corrected chi connectivity index (χ1v) is 5.38. The Hall–Kier alpha value is -0.780. The van der Waals surface area contributed by atoms with Crippen LogP contribution in [0.1, 0.15) is 49.3 Å². The minimum atomic E-state index is 0.880. The van der Waals surface area contributed by atoms with Crippen molar-refractivity contribution in [3.63, 3.8) is 0 Å². The molecule has 1 aromatic rings. The van der Waals surface area contributed by atoms with E-state index in [2.05, 4.69) is 32.0 Å². The van der Waals surface area contributed by atoms with Gasteiger partial charge in [-0.2, -0.15) is 0 Å². The molecule has 1 aliphatic rings. The molecule has 0 amide bonds. The molecule has 0 aromatic heterocycles. The van der Waals surface area contributed by atoms with E-state index in [1.54, 1.807) is 5.56 Å². The van der Waals surface area contributed by atoms with Crippen molar-refractivity contribution in [1.29, 1.82) is 0 Å². The van der Waals surface area contributed by atoms with Gasteiger partial charge in [-0.1, -0.05) is 26.0 Å². The number of benzene rings is 1. The van der Waals surface area contributed by atoms with Crippen LogP contribution in [0.3, 0.4) is 0 Å². The summed E-state index contributed by atoms with van der Waals surface area (Å²) >= 11 is 0. The zero-order valence-corrected chi connectivity index (χ0v) is 8.56. The quantitative estimate of drug-likeness (QED) is 0.656. The van der Waals surface area contributed by atoms with Crippen LogP contribution in [0, 0.1) is 6.07 Å². The topological polar surface area (TPSA) is 0 Å². The minimum absolute atomic E-state index is 0.880. The van der Waals surface area contributed by atoms with Gasteiger partial charge >= 0.3 is 0 Å². The Morgan fingerprint density at radius 3 is 2.08 bits per heavy atom. The molecule has 13 heavy (non-hydrogen) atoms. The van der Waals surface area contributed by atoms with E-state index in [0.717, 1.165) is 18.8 Å². The zero-order chi connectivity index (χ0) is 9.26. The molecule has 0 nitrogen and oxygen atoms in total. The van der Waals surface area contributed by atoms with Gasteiger partial charge in [-0.05, 0) is 54.4 Å². The van der Waals surface area contributed by atoms with Crippen molar-refractivity contribution in [3.05, 3.63) is 34.9 Å². The number of rotatable bonds is 3. The molecule has 1 aromatic carbocycles. The van der Waals surface area contributed by atoms with E-state index in [1.165, 1.54) is 24.0 Å². The van der Waals surface area contributed by atoms with Gasteiger partial charge in [0.25, 0.3) is 0 Å². The number of aryl methyl sites for hydroxylation is 2. The third-order valence-corrected chi connectivity index (χ3v) is 2.81. The van der Waals surface area contributed by atoms with Crippen LogP contribution in [0.15, 0.2) is 12.1 Å². The molecular weight excluding hydrogens is 156 g/mol. The molecule has 2 rings (SSSR count). The monoisotopic (exact) mass is 173 g/mol. The summed E-state index contributed by atoms with van der Waals surface area (Å²) in [6.07, 6.45) is 5.04. The fourth-order valence-electron chi connectivity index (χ4n) is 1.76. The second-order valence-corrected chi connectivity index (χ2v) is 3.95. The van der Waals surface area contributed by atoms with Crippen LogP contribution in [-0.2, 0) is 12.8 Å². The van der Waals surface area contributed by atoms with Crippen LogP contribution in [0.5, 0.6) is 0 Å². The van der Waals surface area contributed by atoms with Gasteiger partial charge in [0.15, 0.2) is 0 Å². The number of hydrogen-bond acceptors (Lipinski definition) is 0. The average Bonchev–Trinajstić information content (AvgIpc) is 3.00. The van der Waals surface area contributed by atoms with Gasteiger partial charge in [0.2, 0.25) is 0 Å². The molecule has 0 saturated heterocycles. The molecule has 0 bridgehead atoms. The van der Waals surface area contributed by atoms with E-state index in [9.17, 15) is 0 Å². The molecule has 0 N–H and O–H groups in total. The maximum absolute atomic E-state index is 3.47. The van der Waals surface area contributed by atoms with Gasteiger partial charge < -0.3 is 0 Å². The summed E-state index contributed by atoms with van der Waals surface area (Å²) in [5, 5.41) is 0. The largest absolute Gasteiger partial charge is 0.0613 e. The fraction of sp³-hybridized carbons (Fsp3) is 0.538. The van der Waals surface area contributed by atoms with E-state index in [4.69, 9.17) is 0 Å². The first-order chi connectivity index (χ1) is 6.33. The highest BCUT2D eigenvalue weighted by atomic mass is 14.3. The lowest BCUT2D eigenvalue weighted by Crippen LogP contribution is -1.90. The lowest BCUT2D eigenvalue weighted by molar-refractivity contribution is 1.03. The second kappa shape index (κ2) is 3.53. The molecule has 1 saturated carbocycles. The summed E-state index contributed by atoms with van der Waals surface area (Å²) in [6, 6.07) is 8.15. The van der Waals surface area contributed by atoms with E-state index < -0.39 is 0 Å². The predicted octanol–water partition coefficient (Wildman–Crippen LogP) is 3.49. The van der Waals surface area contributed by atoms with Crippen LogP contribution in [0.25, 0.3) is 0 Å². The molecule has 1 radical (unpaired) electrons. The van der Waals surface area contributed by atoms with Gasteiger partial charge in [-0.3, -0.25) is 0 Å². The lowest BCUT2D eigenvalue weighted by Gasteiger charge is -2.05. The van der Waals surface area contributed by atoms with Crippen LogP contribution < -0.4 is 0 Å². The van der Waals surface area contributed by atoms with Gasteiger partial charge in [0.05, 0.1) is 0 Å². The number of hydrogen-bond donors (Lipinski definition) is 0. The lowest BCUT2D eigenvalue weighted by atomic mass is 10.00. The van der Waals surface area contributed by atoms with E-state index in [1.807, 2.05) is 0 Å². The Labute approximate surface area is 81.0 Å². The summed E-state index contributed by atoms with van der Waals surface area (Å²) in [7, 11) is 0. The molecule has 69 valence electrons. The van der Waals surface area contributed by atoms with E-state index >= 15 is 0 Å². The zero-order valence-electron chi connectivity index (χ0n) is 8.56. The van der Waals surface area contributed by atoms with Crippen molar-refractivity contribution < 1.29 is 0 Å². The summed E-state index contributed by atoms with van der Waals surface area (Å²) in [6.45, 7) is 4.42. The third-order valence-electron chi connectivity index (χ3n) is 2.81. The standard InChI is InChI=1S/C13H17/c1-3-10-7-11(4-2)9-13(8-10)12-5-6-12/h8-9,12H,3-6H2,1-2H3. The molecule has 1 aliphatic carbocycles. The Morgan fingerprint density at radius 2 is 1.69 bits per heavy atom. The molecule has 1 fully saturated rings. The second-order valence-electron chi connectivity index (χ2n) is 3.95. The smallest absolute Gasteiger partial charge is 0.0114 e. The SMILES string of the molecule is CCc1[c]c(CC)cc(C2CC2)c1. The maximum atomic E-state index is 3.47.